The lowest BCUT2D eigenvalue weighted by Gasteiger charge is -2.32. The highest BCUT2D eigenvalue weighted by Gasteiger charge is 2.22. The number of hydrogen-bond donors (Lipinski definition) is 0. The average molecular weight is 402 g/mol. The molecule has 1 aliphatic heterocycles. The Bertz CT molecular complexity index is 1220. The molecule has 0 amide bonds. The standard InChI is InChI=1S/C21H22N8O/c1-15-23-24-19-3-4-20(26-29(15)19)27-12-8-16(9-13-27)14-28-21(30)5-2-18(25-28)17-6-10-22-11-7-17/h2-7,10-11,16H,8-9,12-14H2,1H3. The molecule has 30 heavy (non-hydrogen) atoms. The summed E-state index contributed by atoms with van der Waals surface area (Å²) in [6.45, 7) is 4.31. The number of rotatable bonds is 4. The predicted octanol–water partition coefficient (Wildman–Crippen LogP) is 1.97. The van der Waals surface area contributed by atoms with Gasteiger partial charge in [0.2, 0.25) is 0 Å². The van der Waals surface area contributed by atoms with E-state index >= 15 is 0 Å². The van der Waals surface area contributed by atoms with Crippen LogP contribution in [-0.4, -0.2) is 47.7 Å². The fourth-order valence-electron chi connectivity index (χ4n) is 3.90. The molecule has 9 heteroatoms. The lowest BCUT2D eigenvalue weighted by atomic mass is 9.97. The van der Waals surface area contributed by atoms with E-state index in [1.54, 1.807) is 33.7 Å². The van der Waals surface area contributed by atoms with Crippen LogP contribution in [0.2, 0.25) is 0 Å². The predicted molar refractivity (Wildman–Crippen MR) is 112 cm³/mol. The maximum absolute atomic E-state index is 12.3. The van der Waals surface area contributed by atoms with Crippen molar-refractivity contribution in [2.45, 2.75) is 26.3 Å². The van der Waals surface area contributed by atoms with Gasteiger partial charge in [0.1, 0.15) is 5.82 Å². The summed E-state index contributed by atoms with van der Waals surface area (Å²) >= 11 is 0. The highest BCUT2D eigenvalue weighted by molar-refractivity contribution is 5.57. The Labute approximate surface area is 173 Å². The van der Waals surface area contributed by atoms with Crippen molar-refractivity contribution in [3.63, 3.8) is 0 Å². The molecule has 5 heterocycles. The number of aryl methyl sites for hydroxylation is 1. The monoisotopic (exact) mass is 402 g/mol. The summed E-state index contributed by atoms with van der Waals surface area (Å²) in [6, 6.07) is 11.1. The third-order valence-electron chi connectivity index (χ3n) is 5.62. The van der Waals surface area contributed by atoms with Gasteiger partial charge < -0.3 is 4.90 Å². The van der Waals surface area contributed by atoms with Crippen molar-refractivity contribution in [3.8, 4) is 11.3 Å². The first-order chi connectivity index (χ1) is 14.7. The lowest BCUT2D eigenvalue weighted by Crippen LogP contribution is -2.37. The largest absolute Gasteiger partial charge is 0.355 e. The SMILES string of the molecule is Cc1nnc2ccc(N3CCC(Cn4nc(-c5ccncc5)ccc4=O)CC3)nn12. The molecule has 1 aliphatic rings. The number of pyridine rings is 1. The van der Waals surface area contributed by atoms with E-state index in [1.807, 2.05) is 31.2 Å². The van der Waals surface area contributed by atoms with Gasteiger partial charge in [0.25, 0.3) is 5.56 Å². The average Bonchev–Trinajstić information content (AvgIpc) is 3.16. The topological polar surface area (TPSA) is 94.1 Å². The number of aromatic nitrogens is 7. The van der Waals surface area contributed by atoms with Gasteiger partial charge in [0.15, 0.2) is 11.5 Å². The maximum Gasteiger partial charge on any atom is 0.266 e. The summed E-state index contributed by atoms with van der Waals surface area (Å²) in [5.41, 5.74) is 2.44. The molecular formula is C21H22N8O. The third-order valence-corrected chi connectivity index (χ3v) is 5.62. The Balaban J connectivity index is 1.28. The van der Waals surface area contributed by atoms with Crippen LogP contribution in [0.3, 0.4) is 0 Å². The second-order valence-corrected chi connectivity index (χ2v) is 7.61. The van der Waals surface area contributed by atoms with Gasteiger partial charge in [0, 0.05) is 43.7 Å². The normalized spacial score (nSPS) is 15.0. The number of nitrogens with zero attached hydrogens (tertiary/aromatic N) is 8. The van der Waals surface area contributed by atoms with Crippen LogP contribution in [0.25, 0.3) is 16.9 Å². The molecule has 152 valence electrons. The quantitative estimate of drug-likeness (QED) is 0.515. The van der Waals surface area contributed by atoms with Gasteiger partial charge in [-0.05, 0) is 56.0 Å². The molecular weight excluding hydrogens is 380 g/mol. The Morgan fingerprint density at radius 1 is 0.967 bits per heavy atom. The minimum absolute atomic E-state index is 0.0644. The van der Waals surface area contributed by atoms with Crippen LogP contribution in [0, 0.1) is 12.8 Å². The van der Waals surface area contributed by atoms with Crippen molar-refractivity contribution < 1.29 is 0 Å². The van der Waals surface area contributed by atoms with Crippen LogP contribution in [0.5, 0.6) is 0 Å². The number of fused-ring (bicyclic) bond motifs is 1. The second-order valence-electron chi connectivity index (χ2n) is 7.61. The highest BCUT2D eigenvalue weighted by Crippen LogP contribution is 2.23. The molecule has 1 saturated heterocycles. The molecule has 4 aromatic heterocycles. The first-order valence-corrected chi connectivity index (χ1v) is 10.1. The molecule has 0 N–H and O–H groups in total. The van der Waals surface area contributed by atoms with Crippen molar-refractivity contribution in [1.82, 2.24) is 34.6 Å². The Morgan fingerprint density at radius 2 is 1.77 bits per heavy atom. The van der Waals surface area contributed by atoms with Gasteiger partial charge in [-0.2, -0.15) is 9.61 Å². The van der Waals surface area contributed by atoms with Gasteiger partial charge in [-0.3, -0.25) is 9.78 Å². The molecule has 1 fully saturated rings. The Morgan fingerprint density at radius 3 is 2.57 bits per heavy atom. The lowest BCUT2D eigenvalue weighted by molar-refractivity contribution is 0.334. The number of piperidine rings is 1. The van der Waals surface area contributed by atoms with E-state index in [2.05, 4.69) is 30.3 Å². The van der Waals surface area contributed by atoms with Gasteiger partial charge in [-0.15, -0.1) is 15.3 Å². The molecule has 0 bridgehead atoms. The minimum atomic E-state index is -0.0644. The zero-order valence-corrected chi connectivity index (χ0v) is 16.7. The minimum Gasteiger partial charge on any atom is -0.355 e. The molecule has 0 unspecified atom stereocenters. The van der Waals surface area contributed by atoms with Crippen molar-refractivity contribution >= 4 is 11.5 Å². The summed E-state index contributed by atoms with van der Waals surface area (Å²) in [5.74, 6) is 2.11. The smallest absolute Gasteiger partial charge is 0.266 e. The number of hydrogen-bond acceptors (Lipinski definition) is 7. The molecule has 0 atom stereocenters. The summed E-state index contributed by atoms with van der Waals surface area (Å²) in [7, 11) is 0. The fraction of sp³-hybridized carbons (Fsp3) is 0.333. The molecule has 5 rings (SSSR count). The van der Waals surface area contributed by atoms with Crippen molar-refractivity contribution in [2.24, 2.45) is 5.92 Å². The van der Waals surface area contributed by atoms with Gasteiger partial charge in [0.05, 0.1) is 5.69 Å². The molecule has 0 aromatic carbocycles. The molecule has 0 saturated carbocycles. The Hall–Kier alpha value is -3.62. The summed E-state index contributed by atoms with van der Waals surface area (Å²) in [5, 5.41) is 17.4. The first kappa shape index (κ1) is 18.4. The van der Waals surface area contributed by atoms with E-state index in [9.17, 15) is 4.79 Å². The maximum atomic E-state index is 12.3. The second kappa shape index (κ2) is 7.66. The van der Waals surface area contributed by atoms with E-state index < -0.39 is 0 Å². The van der Waals surface area contributed by atoms with E-state index in [0.29, 0.717) is 12.5 Å². The number of anilines is 1. The van der Waals surface area contributed by atoms with Crippen LogP contribution in [0.15, 0.2) is 53.6 Å². The van der Waals surface area contributed by atoms with E-state index in [0.717, 1.165) is 54.5 Å². The third kappa shape index (κ3) is 3.54. The summed E-state index contributed by atoms with van der Waals surface area (Å²) in [6.07, 6.45) is 5.42. The van der Waals surface area contributed by atoms with Gasteiger partial charge >= 0.3 is 0 Å². The van der Waals surface area contributed by atoms with Crippen LogP contribution >= 0.6 is 0 Å². The molecule has 0 spiro atoms. The van der Waals surface area contributed by atoms with Crippen molar-refractivity contribution in [2.75, 3.05) is 18.0 Å². The first-order valence-electron chi connectivity index (χ1n) is 10.1. The zero-order valence-electron chi connectivity index (χ0n) is 16.7. The molecule has 0 aliphatic carbocycles. The molecule has 9 nitrogen and oxygen atoms in total. The van der Waals surface area contributed by atoms with Crippen LogP contribution < -0.4 is 10.5 Å². The van der Waals surface area contributed by atoms with Crippen LogP contribution in [0.4, 0.5) is 5.82 Å². The molecule has 0 radical (unpaired) electrons. The zero-order chi connectivity index (χ0) is 20.5. The van der Waals surface area contributed by atoms with Crippen LogP contribution in [-0.2, 0) is 6.54 Å². The fourth-order valence-corrected chi connectivity index (χ4v) is 3.90. The Kier molecular flexibility index (Phi) is 4.70. The van der Waals surface area contributed by atoms with Gasteiger partial charge in [-0.25, -0.2) is 4.68 Å². The summed E-state index contributed by atoms with van der Waals surface area (Å²) < 4.78 is 3.37. The van der Waals surface area contributed by atoms with E-state index in [1.165, 1.54) is 0 Å². The van der Waals surface area contributed by atoms with E-state index in [-0.39, 0.29) is 5.56 Å². The summed E-state index contributed by atoms with van der Waals surface area (Å²) in [4.78, 5) is 18.7. The van der Waals surface area contributed by atoms with E-state index in [4.69, 9.17) is 0 Å². The van der Waals surface area contributed by atoms with Crippen LogP contribution in [0.1, 0.15) is 18.7 Å². The van der Waals surface area contributed by atoms with Gasteiger partial charge in [-0.1, -0.05) is 0 Å². The van der Waals surface area contributed by atoms with Crippen molar-refractivity contribution in [1.29, 1.82) is 0 Å². The molecule has 4 aromatic rings. The van der Waals surface area contributed by atoms with Crippen molar-refractivity contribution in [3.05, 3.63) is 65.0 Å². The highest BCUT2D eigenvalue weighted by atomic mass is 16.1.